The Morgan fingerprint density at radius 1 is 0.618 bits per heavy atom. The third kappa shape index (κ3) is 9.80. The molecule has 34 heavy (non-hydrogen) atoms. The number of amides is 2. The Bertz CT molecular complexity index is 802. The molecule has 186 valence electrons. The molecule has 0 heterocycles. The van der Waals surface area contributed by atoms with Gasteiger partial charge in [0.2, 0.25) is 0 Å². The van der Waals surface area contributed by atoms with Crippen LogP contribution in [0, 0.1) is 0 Å². The van der Waals surface area contributed by atoms with Crippen LogP contribution in [0.3, 0.4) is 0 Å². The summed E-state index contributed by atoms with van der Waals surface area (Å²) in [6.07, 6.45) is 3.64. The Labute approximate surface area is 201 Å². The fraction of sp³-hybridized carbons (Fsp3) is 0.462. The van der Waals surface area contributed by atoms with Gasteiger partial charge in [0.1, 0.15) is 24.7 Å². The Morgan fingerprint density at radius 2 is 1.03 bits per heavy atom. The second-order valence-electron chi connectivity index (χ2n) is 7.60. The molecular weight excluding hydrogens is 436 g/mol. The number of para-hydroxylation sites is 2. The van der Waals surface area contributed by atoms with Crippen molar-refractivity contribution in [3.63, 3.8) is 0 Å². The summed E-state index contributed by atoms with van der Waals surface area (Å²) in [7, 11) is 3.21. The maximum atomic E-state index is 12.5. The van der Waals surface area contributed by atoms with E-state index in [0.29, 0.717) is 62.1 Å². The van der Waals surface area contributed by atoms with E-state index in [1.165, 1.54) is 0 Å². The predicted molar refractivity (Wildman–Crippen MR) is 131 cm³/mol. The van der Waals surface area contributed by atoms with Gasteiger partial charge in [0.15, 0.2) is 0 Å². The number of rotatable bonds is 17. The lowest BCUT2D eigenvalue weighted by Crippen LogP contribution is -2.26. The van der Waals surface area contributed by atoms with Crippen LogP contribution in [0.1, 0.15) is 46.4 Å². The first-order valence-corrected chi connectivity index (χ1v) is 11.6. The topological polar surface area (TPSA) is 95.1 Å². The molecule has 0 atom stereocenters. The van der Waals surface area contributed by atoms with Crippen molar-refractivity contribution >= 4 is 11.8 Å². The second kappa shape index (κ2) is 16.5. The highest BCUT2D eigenvalue weighted by Crippen LogP contribution is 2.18. The van der Waals surface area contributed by atoms with Crippen molar-refractivity contribution in [1.29, 1.82) is 0 Å². The Balaban J connectivity index is 1.61. The predicted octanol–water partition coefficient (Wildman–Crippen LogP) is 3.46. The quantitative estimate of drug-likeness (QED) is 0.343. The number of carbonyl (C=O) groups is 2. The van der Waals surface area contributed by atoms with Gasteiger partial charge in [0.05, 0.1) is 24.3 Å². The molecule has 0 unspecified atom stereocenters. The zero-order chi connectivity index (χ0) is 24.4. The van der Waals surface area contributed by atoms with E-state index in [1.807, 2.05) is 24.3 Å². The highest BCUT2D eigenvalue weighted by molar-refractivity contribution is 5.97. The SMILES string of the molecule is COCCOc1ccccc1C(=O)NCCCCCCNC(=O)c1ccccc1OCCOC. The monoisotopic (exact) mass is 472 g/mol. The number of nitrogens with one attached hydrogen (secondary N) is 2. The van der Waals surface area contributed by atoms with E-state index in [2.05, 4.69) is 10.6 Å². The van der Waals surface area contributed by atoms with Crippen LogP contribution in [0.2, 0.25) is 0 Å². The van der Waals surface area contributed by atoms with Gasteiger partial charge in [-0.1, -0.05) is 37.1 Å². The molecule has 0 radical (unpaired) electrons. The highest BCUT2D eigenvalue weighted by Gasteiger charge is 2.12. The lowest BCUT2D eigenvalue weighted by molar-refractivity contribution is 0.0935. The average molecular weight is 473 g/mol. The molecule has 2 aromatic rings. The minimum Gasteiger partial charge on any atom is -0.490 e. The van der Waals surface area contributed by atoms with Crippen LogP contribution in [0.5, 0.6) is 11.5 Å². The van der Waals surface area contributed by atoms with Crippen LogP contribution in [-0.2, 0) is 9.47 Å². The molecule has 0 fully saturated rings. The fourth-order valence-corrected chi connectivity index (χ4v) is 3.23. The Kier molecular flexibility index (Phi) is 13.2. The van der Waals surface area contributed by atoms with E-state index in [-0.39, 0.29) is 11.8 Å². The lowest BCUT2D eigenvalue weighted by atomic mass is 10.1. The molecule has 8 heteroatoms. The van der Waals surface area contributed by atoms with Gasteiger partial charge in [-0.2, -0.15) is 0 Å². The number of unbranched alkanes of at least 4 members (excludes halogenated alkanes) is 3. The highest BCUT2D eigenvalue weighted by atomic mass is 16.5. The maximum Gasteiger partial charge on any atom is 0.255 e. The van der Waals surface area contributed by atoms with Crippen molar-refractivity contribution in [2.24, 2.45) is 0 Å². The number of ether oxygens (including phenoxy) is 4. The first-order valence-electron chi connectivity index (χ1n) is 11.6. The fourth-order valence-electron chi connectivity index (χ4n) is 3.23. The van der Waals surface area contributed by atoms with E-state index in [4.69, 9.17) is 18.9 Å². The molecule has 0 aliphatic heterocycles. The van der Waals surface area contributed by atoms with Crippen molar-refractivity contribution in [3.8, 4) is 11.5 Å². The van der Waals surface area contributed by atoms with E-state index < -0.39 is 0 Å². The largest absolute Gasteiger partial charge is 0.490 e. The van der Waals surface area contributed by atoms with Crippen molar-refractivity contribution in [3.05, 3.63) is 59.7 Å². The zero-order valence-electron chi connectivity index (χ0n) is 20.1. The van der Waals surface area contributed by atoms with Gasteiger partial charge in [0, 0.05) is 27.3 Å². The summed E-state index contributed by atoms with van der Waals surface area (Å²) in [6.45, 7) is 2.89. The van der Waals surface area contributed by atoms with Gasteiger partial charge in [-0.3, -0.25) is 9.59 Å². The second-order valence-corrected chi connectivity index (χ2v) is 7.60. The summed E-state index contributed by atoms with van der Waals surface area (Å²) in [5.74, 6) is 0.815. The summed E-state index contributed by atoms with van der Waals surface area (Å²) in [5, 5.41) is 5.89. The summed E-state index contributed by atoms with van der Waals surface area (Å²) < 4.78 is 21.2. The summed E-state index contributed by atoms with van der Waals surface area (Å²) in [5.41, 5.74) is 1.04. The molecule has 2 aromatic carbocycles. The maximum absolute atomic E-state index is 12.5. The first-order chi connectivity index (χ1) is 16.7. The van der Waals surface area contributed by atoms with Gasteiger partial charge in [-0.25, -0.2) is 0 Å². The van der Waals surface area contributed by atoms with Crippen molar-refractivity contribution in [1.82, 2.24) is 10.6 Å². The molecule has 2 amide bonds. The van der Waals surface area contributed by atoms with Crippen molar-refractivity contribution in [2.75, 3.05) is 53.7 Å². The third-order valence-corrected chi connectivity index (χ3v) is 5.03. The van der Waals surface area contributed by atoms with Crippen LogP contribution in [0.25, 0.3) is 0 Å². The van der Waals surface area contributed by atoms with E-state index >= 15 is 0 Å². The molecular formula is C26H36N2O6. The van der Waals surface area contributed by atoms with Gasteiger partial charge in [0.25, 0.3) is 11.8 Å². The molecule has 0 aromatic heterocycles. The average Bonchev–Trinajstić information content (AvgIpc) is 2.86. The summed E-state index contributed by atoms with van der Waals surface area (Å²) in [4.78, 5) is 24.9. The van der Waals surface area contributed by atoms with Crippen LogP contribution in [0.4, 0.5) is 0 Å². The number of hydrogen-bond donors (Lipinski definition) is 2. The van der Waals surface area contributed by atoms with Gasteiger partial charge >= 0.3 is 0 Å². The molecule has 2 rings (SSSR count). The van der Waals surface area contributed by atoms with Crippen LogP contribution < -0.4 is 20.1 Å². The number of hydrogen-bond acceptors (Lipinski definition) is 6. The summed E-state index contributed by atoms with van der Waals surface area (Å²) >= 11 is 0. The minimum atomic E-state index is -0.147. The molecule has 0 saturated heterocycles. The van der Waals surface area contributed by atoms with Crippen molar-refractivity contribution in [2.45, 2.75) is 25.7 Å². The number of methoxy groups -OCH3 is 2. The molecule has 0 saturated carbocycles. The normalized spacial score (nSPS) is 10.5. The van der Waals surface area contributed by atoms with Gasteiger partial charge in [-0.05, 0) is 37.1 Å². The lowest BCUT2D eigenvalue weighted by Gasteiger charge is -2.12. The van der Waals surface area contributed by atoms with E-state index in [9.17, 15) is 9.59 Å². The first kappa shape index (κ1) is 27.1. The molecule has 0 aliphatic carbocycles. The van der Waals surface area contributed by atoms with Crippen LogP contribution in [-0.4, -0.2) is 65.6 Å². The molecule has 0 aliphatic rings. The van der Waals surface area contributed by atoms with Crippen LogP contribution in [0.15, 0.2) is 48.5 Å². The molecule has 0 bridgehead atoms. The van der Waals surface area contributed by atoms with E-state index in [0.717, 1.165) is 25.7 Å². The smallest absolute Gasteiger partial charge is 0.255 e. The van der Waals surface area contributed by atoms with Crippen LogP contribution >= 0.6 is 0 Å². The van der Waals surface area contributed by atoms with Crippen molar-refractivity contribution < 1.29 is 28.5 Å². The third-order valence-electron chi connectivity index (χ3n) is 5.03. The minimum absolute atomic E-state index is 0.147. The standard InChI is InChI=1S/C26H36N2O6/c1-31-17-19-33-23-13-7-5-11-21(23)25(29)27-15-9-3-4-10-16-28-26(30)22-12-6-8-14-24(22)34-20-18-32-2/h5-8,11-14H,3-4,9-10,15-20H2,1-2H3,(H,27,29)(H,28,30). The molecule has 8 nitrogen and oxygen atoms in total. The summed E-state index contributed by atoms with van der Waals surface area (Å²) in [6, 6.07) is 14.4. The Hall–Kier alpha value is -3.10. The number of benzene rings is 2. The zero-order valence-corrected chi connectivity index (χ0v) is 20.1. The van der Waals surface area contributed by atoms with Gasteiger partial charge in [-0.15, -0.1) is 0 Å². The van der Waals surface area contributed by atoms with Gasteiger partial charge < -0.3 is 29.6 Å². The molecule has 0 spiro atoms. The van der Waals surface area contributed by atoms with E-state index in [1.54, 1.807) is 38.5 Å². The molecule has 2 N–H and O–H groups in total. The Morgan fingerprint density at radius 3 is 1.44 bits per heavy atom. The number of carbonyl (C=O) groups excluding carboxylic acids is 2.